The number of benzene rings is 1. The van der Waals surface area contributed by atoms with Crippen LogP contribution < -0.4 is 0 Å². The number of hydrogen-bond donors (Lipinski definition) is 0. The molecule has 2 heterocycles. The van der Waals surface area contributed by atoms with Crippen LogP contribution in [0.3, 0.4) is 0 Å². The van der Waals surface area contributed by atoms with E-state index in [-0.39, 0.29) is 23.8 Å². The van der Waals surface area contributed by atoms with E-state index in [4.69, 9.17) is 4.74 Å². The maximum absolute atomic E-state index is 12.5. The molecule has 0 bridgehead atoms. The monoisotopic (exact) mass is 316 g/mol. The second-order valence-electron chi connectivity index (χ2n) is 6.33. The van der Waals surface area contributed by atoms with Crippen LogP contribution in [0.15, 0.2) is 30.3 Å². The van der Waals surface area contributed by atoms with Crippen LogP contribution in [0.25, 0.3) is 0 Å². The first-order valence-corrected chi connectivity index (χ1v) is 8.39. The zero-order valence-electron chi connectivity index (χ0n) is 13.6. The zero-order chi connectivity index (χ0) is 16.2. The lowest BCUT2D eigenvalue weighted by atomic mass is 9.94. The van der Waals surface area contributed by atoms with E-state index in [2.05, 4.69) is 0 Å². The highest BCUT2D eigenvalue weighted by atomic mass is 16.5. The largest absolute Gasteiger partial charge is 0.370 e. The first kappa shape index (κ1) is 16.0. The van der Waals surface area contributed by atoms with Crippen molar-refractivity contribution in [3.8, 4) is 0 Å². The molecule has 5 heteroatoms. The van der Waals surface area contributed by atoms with E-state index in [1.165, 1.54) is 0 Å². The Hall–Kier alpha value is -1.88. The Bertz CT molecular complexity index is 555. The Morgan fingerprint density at radius 1 is 1.22 bits per heavy atom. The highest BCUT2D eigenvalue weighted by Gasteiger charge is 2.37. The summed E-state index contributed by atoms with van der Waals surface area (Å²) in [6.07, 6.45) is 1.30. The summed E-state index contributed by atoms with van der Waals surface area (Å²) in [5, 5.41) is 0. The number of carbonyl (C=O) groups is 2. The number of ether oxygens (including phenoxy) is 1. The Balaban J connectivity index is 1.42. The molecule has 0 aromatic heterocycles. The molecule has 0 N–H and O–H groups in total. The van der Waals surface area contributed by atoms with Gasteiger partial charge in [0.1, 0.15) is 0 Å². The van der Waals surface area contributed by atoms with Gasteiger partial charge in [-0.3, -0.25) is 9.59 Å². The van der Waals surface area contributed by atoms with Crippen molar-refractivity contribution in [2.45, 2.75) is 32.5 Å². The third-order valence-corrected chi connectivity index (χ3v) is 4.72. The summed E-state index contributed by atoms with van der Waals surface area (Å²) in [5.41, 5.74) is 1.15. The first-order valence-electron chi connectivity index (χ1n) is 8.39. The van der Waals surface area contributed by atoms with Gasteiger partial charge >= 0.3 is 0 Å². The van der Waals surface area contributed by atoms with Crippen molar-refractivity contribution >= 4 is 11.8 Å². The summed E-state index contributed by atoms with van der Waals surface area (Å²) >= 11 is 0. The van der Waals surface area contributed by atoms with Gasteiger partial charge in [0.05, 0.1) is 18.6 Å². The van der Waals surface area contributed by atoms with Crippen LogP contribution in [0.2, 0.25) is 0 Å². The number of piperidine rings is 1. The van der Waals surface area contributed by atoms with E-state index in [9.17, 15) is 9.59 Å². The lowest BCUT2D eigenvalue weighted by Gasteiger charge is -2.42. The van der Waals surface area contributed by atoms with E-state index in [1.807, 2.05) is 42.2 Å². The molecule has 2 aliphatic rings. The van der Waals surface area contributed by atoms with E-state index in [0.29, 0.717) is 45.6 Å². The van der Waals surface area contributed by atoms with Crippen molar-refractivity contribution in [1.82, 2.24) is 9.80 Å². The molecule has 2 aliphatic heterocycles. The van der Waals surface area contributed by atoms with Crippen LogP contribution in [-0.2, 0) is 20.9 Å². The molecule has 1 unspecified atom stereocenters. The lowest BCUT2D eigenvalue weighted by Crippen LogP contribution is -2.58. The molecule has 124 valence electrons. The van der Waals surface area contributed by atoms with Gasteiger partial charge in [0, 0.05) is 32.6 Å². The summed E-state index contributed by atoms with van der Waals surface area (Å²) in [6.45, 7) is 5.15. The fourth-order valence-corrected chi connectivity index (χ4v) is 3.19. The zero-order valence-corrected chi connectivity index (χ0v) is 13.6. The number of rotatable bonds is 5. The van der Waals surface area contributed by atoms with Crippen LogP contribution >= 0.6 is 0 Å². The Morgan fingerprint density at radius 2 is 1.96 bits per heavy atom. The van der Waals surface area contributed by atoms with Crippen molar-refractivity contribution in [3.63, 3.8) is 0 Å². The van der Waals surface area contributed by atoms with E-state index in [0.717, 1.165) is 5.56 Å². The van der Waals surface area contributed by atoms with Crippen LogP contribution in [-0.4, -0.2) is 53.9 Å². The second kappa shape index (κ2) is 7.13. The van der Waals surface area contributed by atoms with Gasteiger partial charge in [-0.25, -0.2) is 0 Å². The number of hydrogen-bond acceptors (Lipinski definition) is 3. The quantitative estimate of drug-likeness (QED) is 0.830. The van der Waals surface area contributed by atoms with Crippen molar-refractivity contribution in [1.29, 1.82) is 0 Å². The van der Waals surface area contributed by atoms with E-state index < -0.39 is 0 Å². The van der Waals surface area contributed by atoms with Crippen molar-refractivity contribution < 1.29 is 14.3 Å². The number of likely N-dealkylation sites (tertiary alicyclic amines) is 2. The number of nitrogens with zero attached hydrogens (tertiary/aromatic N) is 2. The molecule has 0 spiro atoms. The average Bonchev–Trinajstić information content (AvgIpc) is 2.54. The van der Waals surface area contributed by atoms with Crippen molar-refractivity contribution in [2.75, 3.05) is 26.2 Å². The molecular formula is C18H24N2O3. The Kier molecular flexibility index (Phi) is 4.96. The van der Waals surface area contributed by atoms with Gasteiger partial charge < -0.3 is 14.5 Å². The predicted octanol–water partition coefficient (Wildman–Crippen LogP) is 1.67. The summed E-state index contributed by atoms with van der Waals surface area (Å²) < 4.78 is 5.83. The molecule has 0 saturated carbocycles. The van der Waals surface area contributed by atoms with Crippen LogP contribution in [0, 0.1) is 5.92 Å². The molecule has 5 nitrogen and oxygen atoms in total. The van der Waals surface area contributed by atoms with E-state index in [1.54, 1.807) is 4.90 Å². The first-order chi connectivity index (χ1) is 11.2. The Labute approximate surface area is 137 Å². The predicted molar refractivity (Wildman–Crippen MR) is 86.6 cm³/mol. The molecule has 2 saturated heterocycles. The molecule has 23 heavy (non-hydrogen) atoms. The van der Waals surface area contributed by atoms with Gasteiger partial charge in [-0.15, -0.1) is 0 Å². The van der Waals surface area contributed by atoms with Crippen LogP contribution in [0.1, 0.15) is 25.3 Å². The van der Waals surface area contributed by atoms with Gasteiger partial charge in [-0.1, -0.05) is 30.3 Å². The smallest absolute Gasteiger partial charge is 0.227 e. The molecule has 2 fully saturated rings. The molecular weight excluding hydrogens is 292 g/mol. The summed E-state index contributed by atoms with van der Waals surface area (Å²) in [4.78, 5) is 27.9. The average molecular weight is 316 g/mol. The van der Waals surface area contributed by atoms with Crippen LogP contribution in [0.4, 0.5) is 0 Å². The SMILES string of the molecule is CCN1CC(C(=O)N2CC(OCc3ccccc3)C2)CCC1=O. The fraction of sp³-hybridized carbons (Fsp3) is 0.556. The molecule has 0 aliphatic carbocycles. The standard InChI is InChI=1S/C18H24N2O3/c1-2-19-10-15(8-9-17(19)21)18(22)20-11-16(12-20)23-13-14-6-4-3-5-7-14/h3-7,15-16H,2,8-13H2,1H3. The minimum absolute atomic E-state index is 0.0391. The summed E-state index contributed by atoms with van der Waals surface area (Å²) in [5.74, 6) is 0.308. The molecule has 1 aromatic rings. The van der Waals surface area contributed by atoms with Gasteiger partial charge in [0.25, 0.3) is 0 Å². The minimum Gasteiger partial charge on any atom is -0.370 e. The van der Waals surface area contributed by atoms with Gasteiger partial charge in [0.2, 0.25) is 11.8 Å². The molecule has 1 aromatic carbocycles. The highest BCUT2D eigenvalue weighted by Crippen LogP contribution is 2.23. The Morgan fingerprint density at radius 3 is 2.65 bits per heavy atom. The van der Waals surface area contributed by atoms with Crippen LogP contribution in [0.5, 0.6) is 0 Å². The van der Waals surface area contributed by atoms with Gasteiger partial charge in [-0.05, 0) is 18.9 Å². The van der Waals surface area contributed by atoms with E-state index >= 15 is 0 Å². The fourth-order valence-electron chi connectivity index (χ4n) is 3.19. The summed E-state index contributed by atoms with van der Waals surface area (Å²) in [6, 6.07) is 10.1. The molecule has 2 amide bonds. The third-order valence-electron chi connectivity index (χ3n) is 4.72. The topological polar surface area (TPSA) is 49.9 Å². The number of carbonyl (C=O) groups excluding carboxylic acids is 2. The normalized spacial score (nSPS) is 22.1. The maximum Gasteiger partial charge on any atom is 0.227 e. The molecule has 0 radical (unpaired) electrons. The third kappa shape index (κ3) is 3.72. The molecule has 1 atom stereocenters. The molecule has 3 rings (SSSR count). The van der Waals surface area contributed by atoms with Gasteiger partial charge in [-0.2, -0.15) is 0 Å². The summed E-state index contributed by atoms with van der Waals surface area (Å²) in [7, 11) is 0. The lowest BCUT2D eigenvalue weighted by molar-refractivity contribution is -0.154. The number of amides is 2. The minimum atomic E-state index is -0.0391. The van der Waals surface area contributed by atoms with Gasteiger partial charge in [0.15, 0.2) is 0 Å². The van der Waals surface area contributed by atoms with Crippen molar-refractivity contribution in [3.05, 3.63) is 35.9 Å². The second-order valence-corrected chi connectivity index (χ2v) is 6.33. The van der Waals surface area contributed by atoms with Crippen molar-refractivity contribution in [2.24, 2.45) is 5.92 Å². The highest BCUT2D eigenvalue weighted by molar-refractivity contribution is 5.84. The maximum atomic E-state index is 12.5.